The number of hydrogen-bond donors (Lipinski definition) is 2. The standard InChI is InChI=1S/C10H14FNO2/c1-14-7-2-3-9(11)8(6-7)10(12)4-5-13/h2-3,6,10,13H,4-5,12H2,1H3/t10-/m1/s1. The van der Waals surface area contributed by atoms with Gasteiger partial charge in [0.05, 0.1) is 7.11 Å². The van der Waals surface area contributed by atoms with Crippen molar-refractivity contribution in [3.05, 3.63) is 29.6 Å². The van der Waals surface area contributed by atoms with Crippen LogP contribution >= 0.6 is 0 Å². The van der Waals surface area contributed by atoms with Crippen LogP contribution in [0.3, 0.4) is 0 Å². The molecule has 0 fully saturated rings. The van der Waals surface area contributed by atoms with E-state index in [1.165, 1.54) is 19.2 Å². The summed E-state index contributed by atoms with van der Waals surface area (Å²) < 4.78 is 18.2. The van der Waals surface area contributed by atoms with Gasteiger partial charge in [0.15, 0.2) is 0 Å². The van der Waals surface area contributed by atoms with Crippen LogP contribution in [0.25, 0.3) is 0 Å². The molecule has 0 amide bonds. The molecule has 14 heavy (non-hydrogen) atoms. The molecule has 1 rings (SSSR count). The van der Waals surface area contributed by atoms with Gasteiger partial charge in [-0.2, -0.15) is 0 Å². The van der Waals surface area contributed by atoms with Gasteiger partial charge in [0, 0.05) is 18.2 Å². The zero-order valence-electron chi connectivity index (χ0n) is 8.03. The van der Waals surface area contributed by atoms with E-state index in [9.17, 15) is 4.39 Å². The molecule has 0 spiro atoms. The molecule has 0 saturated heterocycles. The molecule has 0 unspecified atom stereocenters. The molecule has 0 aliphatic heterocycles. The van der Waals surface area contributed by atoms with Gasteiger partial charge in [0.25, 0.3) is 0 Å². The number of benzene rings is 1. The SMILES string of the molecule is COc1ccc(F)c([C@H](N)CCO)c1. The minimum atomic E-state index is -0.491. The van der Waals surface area contributed by atoms with Gasteiger partial charge < -0.3 is 15.6 Å². The molecule has 4 heteroatoms. The Morgan fingerprint density at radius 3 is 2.86 bits per heavy atom. The molecule has 78 valence electrons. The number of aliphatic hydroxyl groups is 1. The summed E-state index contributed by atoms with van der Waals surface area (Å²) in [4.78, 5) is 0. The van der Waals surface area contributed by atoms with E-state index < -0.39 is 6.04 Å². The van der Waals surface area contributed by atoms with Crippen LogP contribution in [0.4, 0.5) is 4.39 Å². The maximum absolute atomic E-state index is 13.3. The van der Waals surface area contributed by atoms with E-state index in [4.69, 9.17) is 15.6 Å². The second-order valence-corrected chi connectivity index (χ2v) is 3.01. The number of rotatable bonds is 4. The average Bonchev–Trinajstić information content (AvgIpc) is 2.19. The summed E-state index contributed by atoms with van der Waals surface area (Å²) in [5.41, 5.74) is 6.05. The third-order valence-corrected chi connectivity index (χ3v) is 2.04. The largest absolute Gasteiger partial charge is 0.497 e. The highest BCUT2D eigenvalue weighted by molar-refractivity contribution is 5.31. The van der Waals surface area contributed by atoms with Crippen LogP contribution in [-0.4, -0.2) is 18.8 Å². The highest BCUT2D eigenvalue weighted by Gasteiger charge is 2.11. The monoisotopic (exact) mass is 199 g/mol. The van der Waals surface area contributed by atoms with Gasteiger partial charge in [-0.15, -0.1) is 0 Å². The first-order chi connectivity index (χ1) is 6.69. The normalized spacial score (nSPS) is 12.6. The van der Waals surface area contributed by atoms with Crippen LogP contribution < -0.4 is 10.5 Å². The Balaban J connectivity index is 2.93. The highest BCUT2D eigenvalue weighted by Crippen LogP contribution is 2.22. The number of aliphatic hydroxyl groups excluding tert-OH is 1. The quantitative estimate of drug-likeness (QED) is 0.766. The first-order valence-electron chi connectivity index (χ1n) is 4.39. The van der Waals surface area contributed by atoms with Gasteiger partial charge in [0.2, 0.25) is 0 Å². The van der Waals surface area contributed by atoms with E-state index >= 15 is 0 Å². The number of halogens is 1. The lowest BCUT2D eigenvalue weighted by Gasteiger charge is -2.12. The first kappa shape index (κ1) is 10.9. The Morgan fingerprint density at radius 2 is 2.29 bits per heavy atom. The smallest absolute Gasteiger partial charge is 0.128 e. The fraction of sp³-hybridized carbons (Fsp3) is 0.400. The van der Waals surface area contributed by atoms with Crippen molar-refractivity contribution in [2.75, 3.05) is 13.7 Å². The van der Waals surface area contributed by atoms with Crippen molar-refractivity contribution in [2.45, 2.75) is 12.5 Å². The molecular formula is C10H14FNO2. The van der Waals surface area contributed by atoms with Gasteiger partial charge in [-0.1, -0.05) is 0 Å². The molecule has 0 radical (unpaired) electrons. The van der Waals surface area contributed by atoms with Crippen molar-refractivity contribution >= 4 is 0 Å². The Hall–Kier alpha value is -1.13. The average molecular weight is 199 g/mol. The number of hydrogen-bond acceptors (Lipinski definition) is 3. The number of methoxy groups -OCH3 is 1. The third kappa shape index (κ3) is 2.43. The van der Waals surface area contributed by atoms with Crippen molar-refractivity contribution in [1.82, 2.24) is 0 Å². The molecular weight excluding hydrogens is 185 g/mol. The molecule has 1 atom stereocenters. The topological polar surface area (TPSA) is 55.5 Å². The molecule has 0 aliphatic carbocycles. The summed E-state index contributed by atoms with van der Waals surface area (Å²) in [6, 6.07) is 3.90. The van der Waals surface area contributed by atoms with Crippen LogP contribution in [0, 0.1) is 5.82 Å². The summed E-state index contributed by atoms with van der Waals surface area (Å²) in [5.74, 6) is 0.196. The minimum Gasteiger partial charge on any atom is -0.497 e. The predicted molar refractivity (Wildman–Crippen MR) is 51.6 cm³/mol. The molecule has 0 aromatic heterocycles. The second-order valence-electron chi connectivity index (χ2n) is 3.01. The lowest BCUT2D eigenvalue weighted by Crippen LogP contribution is -2.13. The molecule has 3 nitrogen and oxygen atoms in total. The fourth-order valence-corrected chi connectivity index (χ4v) is 1.23. The van der Waals surface area contributed by atoms with E-state index in [1.807, 2.05) is 0 Å². The predicted octanol–water partition coefficient (Wildman–Crippen LogP) is 1.22. The lowest BCUT2D eigenvalue weighted by atomic mass is 10.0. The zero-order chi connectivity index (χ0) is 10.6. The maximum atomic E-state index is 13.3. The zero-order valence-corrected chi connectivity index (χ0v) is 8.03. The van der Waals surface area contributed by atoms with Crippen LogP contribution in [0.1, 0.15) is 18.0 Å². The van der Waals surface area contributed by atoms with Crippen LogP contribution in [0.5, 0.6) is 5.75 Å². The molecule has 3 N–H and O–H groups in total. The second kappa shape index (κ2) is 4.93. The van der Waals surface area contributed by atoms with Crippen molar-refractivity contribution in [3.63, 3.8) is 0 Å². The lowest BCUT2D eigenvalue weighted by molar-refractivity contribution is 0.275. The summed E-state index contributed by atoms with van der Waals surface area (Å²) in [6.45, 7) is -0.0577. The van der Waals surface area contributed by atoms with Crippen LogP contribution in [0.2, 0.25) is 0 Å². The van der Waals surface area contributed by atoms with Gasteiger partial charge in [-0.25, -0.2) is 4.39 Å². The summed E-state index contributed by atoms with van der Waals surface area (Å²) in [5, 5.41) is 8.68. The summed E-state index contributed by atoms with van der Waals surface area (Å²) >= 11 is 0. The van der Waals surface area contributed by atoms with Gasteiger partial charge in [0.1, 0.15) is 11.6 Å². The van der Waals surface area contributed by atoms with E-state index in [0.29, 0.717) is 17.7 Å². The van der Waals surface area contributed by atoms with Crippen LogP contribution in [-0.2, 0) is 0 Å². The van der Waals surface area contributed by atoms with Gasteiger partial charge >= 0.3 is 0 Å². The minimum absolute atomic E-state index is 0.0577. The van der Waals surface area contributed by atoms with E-state index in [-0.39, 0.29) is 12.4 Å². The Kier molecular flexibility index (Phi) is 3.85. The highest BCUT2D eigenvalue weighted by atomic mass is 19.1. The Morgan fingerprint density at radius 1 is 1.57 bits per heavy atom. The molecule has 0 bridgehead atoms. The van der Waals surface area contributed by atoms with E-state index in [2.05, 4.69) is 0 Å². The molecule has 1 aromatic carbocycles. The maximum Gasteiger partial charge on any atom is 0.128 e. The molecule has 0 saturated carbocycles. The van der Waals surface area contributed by atoms with Gasteiger partial charge in [-0.05, 0) is 24.6 Å². The first-order valence-corrected chi connectivity index (χ1v) is 4.39. The van der Waals surface area contributed by atoms with E-state index in [1.54, 1.807) is 6.07 Å². The Bertz CT molecular complexity index is 304. The van der Waals surface area contributed by atoms with Crippen molar-refractivity contribution in [2.24, 2.45) is 5.73 Å². The van der Waals surface area contributed by atoms with Gasteiger partial charge in [-0.3, -0.25) is 0 Å². The summed E-state index contributed by atoms with van der Waals surface area (Å²) in [7, 11) is 1.51. The van der Waals surface area contributed by atoms with E-state index in [0.717, 1.165) is 0 Å². The third-order valence-electron chi connectivity index (χ3n) is 2.04. The summed E-state index contributed by atoms with van der Waals surface area (Å²) in [6.07, 6.45) is 0.337. The van der Waals surface area contributed by atoms with Crippen molar-refractivity contribution in [1.29, 1.82) is 0 Å². The van der Waals surface area contributed by atoms with Crippen LogP contribution in [0.15, 0.2) is 18.2 Å². The molecule has 0 aliphatic rings. The molecule has 1 aromatic rings. The van der Waals surface area contributed by atoms with Crippen molar-refractivity contribution < 1.29 is 14.2 Å². The number of nitrogens with two attached hydrogens (primary N) is 1. The molecule has 0 heterocycles. The Labute approximate surface area is 82.3 Å². The number of ether oxygens (including phenoxy) is 1. The fourth-order valence-electron chi connectivity index (χ4n) is 1.23. The van der Waals surface area contributed by atoms with Crippen molar-refractivity contribution in [3.8, 4) is 5.75 Å².